The molecule has 0 spiro atoms. The molecular formula is C10H13N5O5. The van der Waals surface area contributed by atoms with E-state index in [0.717, 1.165) is 10.9 Å². The lowest BCUT2D eigenvalue weighted by Crippen LogP contribution is -2.45. The molecule has 1 saturated heterocycles. The molecule has 4 atom stereocenters. The highest BCUT2D eigenvalue weighted by Gasteiger charge is 2.55. The summed E-state index contributed by atoms with van der Waals surface area (Å²) in [6, 6.07) is 0. The third-order valence-electron chi connectivity index (χ3n) is 3.30. The maximum Gasteiger partial charge on any atom is 0.286 e. The number of fused-ring (bicyclic) bond motifs is 1. The third kappa shape index (κ3) is 1.60. The maximum atomic E-state index is 10.5. The lowest BCUT2D eigenvalue weighted by molar-refractivity contribution is -0.287. The second-order valence-corrected chi connectivity index (χ2v) is 4.48. The zero-order chi connectivity index (χ0) is 14.5. The summed E-state index contributed by atoms with van der Waals surface area (Å²) >= 11 is 0. The van der Waals surface area contributed by atoms with E-state index >= 15 is 0 Å². The molecule has 0 saturated carbocycles. The molecule has 0 radical (unpaired) electrons. The molecule has 2 aromatic rings. The van der Waals surface area contributed by atoms with Crippen molar-refractivity contribution in [2.45, 2.75) is 24.2 Å². The number of rotatable bonds is 2. The SMILES string of the molecule is Nc1ncnc2c1ncn2[C@@]1(O)O[C@H](CO)[C@@H](O)[C@@H]1O. The number of ether oxygens (including phenoxy) is 1. The maximum absolute atomic E-state index is 10.5. The van der Waals surface area contributed by atoms with Gasteiger partial charge in [-0.2, -0.15) is 0 Å². The molecule has 3 heterocycles. The molecule has 1 aliphatic heterocycles. The first-order valence-electron chi connectivity index (χ1n) is 5.80. The number of hydrogen-bond acceptors (Lipinski definition) is 9. The first kappa shape index (κ1) is 13.1. The fraction of sp³-hybridized carbons (Fsp3) is 0.500. The summed E-state index contributed by atoms with van der Waals surface area (Å²) in [5.41, 5.74) is 5.98. The van der Waals surface area contributed by atoms with E-state index in [1.54, 1.807) is 0 Å². The number of aromatic nitrogens is 4. The van der Waals surface area contributed by atoms with Gasteiger partial charge in [0.25, 0.3) is 5.91 Å². The molecule has 0 bridgehead atoms. The van der Waals surface area contributed by atoms with Crippen molar-refractivity contribution in [2.75, 3.05) is 12.3 Å². The fourth-order valence-electron chi connectivity index (χ4n) is 2.22. The second-order valence-electron chi connectivity index (χ2n) is 4.48. The quantitative estimate of drug-likeness (QED) is 0.390. The Balaban J connectivity index is 2.13. The van der Waals surface area contributed by atoms with Crippen LogP contribution in [0.3, 0.4) is 0 Å². The second kappa shape index (κ2) is 4.33. The Morgan fingerprint density at radius 3 is 2.75 bits per heavy atom. The highest BCUT2D eigenvalue weighted by atomic mass is 16.7. The Morgan fingerprint density at radius 2 is 2.10 bits per heavy atom. The number of nitrogen functional groups attached to an aromatic ring is 1. The number of aliphatic hydroxyl groups is 4. The van der Waals surface area contributed by atoms with Crippen LogP contribution in [-0.4, -0.2) is 64.9 Å². The van der Waals surface area contributed by atoms with Crippen LogP contribution in [0.4, 0.5) is 5.82 Å². The van der Waals surface area contributed by atoms with E-state index in [2.05, 4.69) is 15.0 Å². The molecule has 0 amide bonds. The predicted octanol–water partition coefficient (Wildman–Crippen LogP) is -2.88. The monoisotopic (exact) mass is 283 g/mol. The molecule has 0 aliphatic carbocycles. The van der Waals surface area contributed by atoms with Gasteiger partial charge >= 0.3 is 0 Å². The van der Waals surface area contributed by atoms with Crippen LogP contribution in [0.5, 0.6) is 0 Å². The summed E-state index contributed by atoms with van der Waals surface area (Å²) in [5, 5.41) is 39.2. The van der Waals surface area contributed by atoms with Gasteiger partial charge < -0.3 is 30.9 Å². The van der Waals surface area contributed by atoms with Crippen molar-refractivity contribution in [3.05, 3.63) is 12.7 Å². The van der Waals surface area contributed by atoms with Crippen LogP contribution in [0, 0.1) is 0 Å². The lowest BCUT2D eigenvalue weighted by atomic mass is 10.1. The molecule has 1 aliphatic rings. The summed E-state index contributed by atoms with van der Waals surface area (Å²) in [6.07, 6.45) is -1.95. The average Bonchev–Trinajstić information content (AvgIpc) is 2.96. The summed E-state index contributed by atoms with van der Waals surface area (Å²) in [5.74, 6) is -2.20. The van der Waals surface area contributed by atoms with Crippen molar-refractivity contribution in [3.8, 4) is 0 Å². The highest BCUT2D eigenvalue weighted by molar-refractivity contribution is 5.81. The predicted molar refractivity (Wildman–Crippen MR) is 63.9 cm³/mol. The molecule has 2 aromatic heterocycles. The molecule has 1 fully saturated rings. The van der Waals surface area contributed by atoms with Gasteiger partial charge in [-0.3, -0.25) is 4.57 Å². The molecule has 10 heteroatoms. The summed E-state index contributed by atoms with van der Waals surface area (Å²) in [4.78, 5) is 11.6. The molecule has 0 unspecified atom stereocenters. The minimum atomic E-state index is -2.30. The summed E-state index contributed by atoms with van der Waals surface area (Å²) in [6.45, 7) is -0.565. The Hall–Kier alpha value is -1.85. The van der Waals surface area contributed by atoms with Crippen LogP contribution in [0.1, 0.15) is 0 Å². The molecule has 108 valence electrons. The van der Waals surface area contributed by atoms with Crippen molar-refractivity contribution < 1.29 is 25.2 Å². The zero-order valence-electron chi connectivity index (χ0n) is 10.2. The van der Waals surface area contributed by atoms with Crippen LogP contribution in [0.15, 0.2) is 12.7 Å². The van der Waals surface area contributed by atoms with Crippen molar-refractivity contribution >= 4 is 17.0 Å². The third-order valence-corrected chi connectivity index (χ3v) is 3.30. The number of hydrogen-bond donors (Lipinski definition) is 5. The van der Waals surface area contributed by atoms with E-state index in [-0.39, 0.29) is 17.0 Å². The van der Waals surface area contributed by atoms with Crippen molar-refractivity contribution in [1.29, 1.82) is 0 Å². The largest absolute Gasteiger partial charge is 0.394 e. The van der Waals surface area contributed by atoms with Gasteiger partial charge in [0.05, 0.1) is 6.61 Å². The first-order chi connectivity index (χ1) is 9.49. The molecule has 10 nitrogen and oxygen atoms in total. The summed E-state index contributed by atoms with van der Waals surface area (Å²) < 4.78 is 6.17. The topological polar surface area (TPSA) is 160 Å². The fourth-order valence-corrected chi connectivity index (χ4v) is 2.22. The van der Waals surface area contributed by atoms with Gasteiger partial charge in [-0.1, -0.05) is 0 Å². The van der Waals surface area contributed by atoms with Crippen LogP contribution in [-0.2, 0) is 10.6 Å². The lowest BCUT2D eigenvalue weighted by Gasteiger charge is -2.27. The Kier molecular flexibility index (Phi) is 2.84. The van der Waals surface area contributed by atoms with Crippen molar-refractivity contribution in [1.82, 2.24) is 19.5 Å². The van der Waals surface area contributed by atoms with E-state index in [9.17, 15) is 15.3 Å². The number of aliphatic hydroxyl groups excluding tert-OH is 3. The van der Waals surface area contributed by atoms with Gasteiger partial charge in [0.2, 0.25) is 0 Å². The van der Waals surface area contributed by atoms with Gasteiger partial charge in [-0.15, -0.1) is 0 Å². The van der Waals surface area contributed by atoms with E-state index in [0.29, 0.717) is 0 Å². The van der Waals surface area contributed by atoms with Gasteiger partial charge in [-0.25, -0.2) is 15.0 Å². The number of imidazole rings is 1. The molecule has 0 aromatic carbocycles. The number of nitrogens with zero attached hydrogens (tertiary/aromatic N) is 4. The van der Waals surface area contributed by atoms with E-state index in [1.807, 2.05) is 0 Å². The normalized spacial score (nSPS) is 33.9. The highest BCUT2D eigenvalue weighted by Crippen LogP contribution is 2.35. The van der Waals surface area contributed by atoms with E-state index in [4.69, 9.17) is 15.6 Å². The smallest absolute Gasteiger partial charge is 0.286 e. The van der Waals surface area contributed by atoms with E-state index in [1.165, 1.54) is 6.33 Å². The molecule has 6 N–H and O–H groups in total. The van der Waals surface area contributed by atoms with Crippen LogP contribution >= 0.6 is 0 Å². The minimum Gasteiger partial charge on any atom is -0.394 e. The Bertz CT molecular complexity index is 648. The van der Waals surface area contributed by atoms with Gasteiger partial charge in [0.1, 0.15) is 30.4 Å². The number of anilines is 1. The molecule has 3 rings (SSSR count). The Labute approximate surface area is 112 Å². The molecular weight excluding hydrogens is 270 g/mol. The zero-order valence-corrected chi connectivity index (χ0v) is 10.2. The number of nitrogens with two attached hydrogens (primary N) is 1. The minimum absolute atomic E-state index is 0.101. The summed E-state index contributed by atoms with van der Waals surface area (Å²) in [7, 11) is 0. The first-order valence-corrected chi connectivity index (χ1v) is 5.80. The van der Waals surface area contributed by atoms with Crippen LogP contribution < -0.4 is 5.73 Å². The van der Waals surface area contributed by atoms with Crippen molar-refractivity contribution in [3.63, 3.8) is 0 Å². The standard InChI is InChI=1S/C10H13N5O5/c11-8-5-9(13-2-12-8)15(3-14-5)10(19)7(18)6(17)4(1-16)20-10/h2-4,6-7,16-19H,1H2,(H2,11,12,13)/t4-,6-,7+,10+/m1/s1. The van der Waals surface area contributed by atoms with Gasteiger partial charge in [-0.05, 0) is 0 Å². The van der Waals surface area contributed by atoms with Gasteiger partial charge in [0, 0.05) is 0 Å². The van der Waals surface area contributed by atoms with Gasteiger partial charge in [0.15, 0.2) is 17.6 Å². The van der Waals surface area contributed by atoms with E-state index < -0.39 is 30.8 Å². The van der Waals surface area contributed by atoms with Crippen LogP contribution in [0.25, 0.3) is 11.2 Å². The molecule has 20 heavy (non-hydrogen) atoms. The Morgan fingerprint density at radius 1 is 1.35 bits per heavy atom. The average molecular weight is 283 g/mol. The van der Waals surface area contributed by atoms with Crippen LogP contribution in [0.2, 0.25) is 0 Å². The van der Waals surface area contributed by atoms with Crippen molar-refractivity contribution in [2.24, 2.45) is 0 Å².